The molecule has 0 bridgehead atoms. The van der Waals surface area contributed by atoms with Crippen molar-refractivity contribution in [3.63, 3.8) is 0 Å². The van der Waals surface area contributed by atoms with E-state index in [1.54, 1.807) is 31.2 Å². The third-order valence-corrected chi connectivity index (χ3v) is 2.79. The molecule has 0 unspecified atom stereocenters. The number of carbonyl (C=O) groups excluding carboxylic acids is 1. The second-order valence-electron chi connectivity index (χ2n) is 4.25. The molecule has 96 valence electrons. The highest BCUT2D eigenvalue weighted by Gasteiger charge is 2.16. The van der Waals surface area contributed by atoms with Crippen LogP contribution in [0.4, 0.5) is 10.5 Å². The highest BCUT2D eigenvalue weighted by molar-refractivity contribution is 6.17. The number of hydrogen-bond donors (Lipinski definition) is 2. The lowest BCUT2D eigenvalue weighted by molar-refractivity contribution is 0.103. The molecule has 0 aliphatic carbocycles. The van der Waals surface area contributed by atoms with E-state index >= 15 is 0 Å². The number of anilines is 1. The molecule has 0 aromatic heterocycles. The van der Waals surface area contributed by atoms with Crippen LogP contribution in [0.3, 0.4) is 0 Å². The second-order valence-corrected chi connectivity index (χ2v) is 4.25. The van der Waals surface area contributed by atoms with E-state index in [9.17, 15) is 9.59 Å². The van der Waals surface area contributed by atoms with Crippen LogP contribution in [-0.2, 0) is 0 Å². The van der Waals surface area contributed by atoms with E-state index in [0.717, 1.165) is 5.39 Å². The van der Waals surface area contributed by atoms with Crippen molar-refractivity contribution in [2.75, 3.05) is 5.32 Å². The number of allylic oxidation sites excluding steroid dienone is 1. The summed E-state index contributed by atoms with van der Waals surface area (Å²) in [4.78, 5) is 23.0. The summed E-state index contributed by atoms with van der Waals surface area (Å²) < 4.78 is 0. The first-order valence-electron chi connectivity index (χ1n) is 5.72. The number of hydrogen-bond acceptors (Lipinski definition) is 2. The Morgan fingerprint density at radius 2 is 1.84 bits per heavy atom. The molecular formula is C15H13NO3. The number of fused-ring (bicyclic) bond motifs is 1. The van der Waals surface area contributed by atoms with Crippen molar-refractivity contribution >= 4 is 28.3 Å². The van der Waals surface area contributed by atoms with Crippen molar-refractivity contribution in [3.05, 3.63) is 54.1 Å². The summed E-state index contributed by atoms with van der Waals surface area (Å²) >= 11 is 0. The van der Waals surface area contributed by atoms with Gasteiger partial charge in [-0.25, -0.2) is 4.79 Å². The smallest absolute Gasteiger partial charge is 0.409 e. The number of benzene rings is 2. The van der Waals surface area contributed by atoms with Gasteiger partial charge < -0.3 is 5.11 Å². The van der Waals surface area contributed by atoms with E-state index in [4.69, 9.17) is 5.11 Å². The van der Waals surface area contributed by atoms with Gasteiger partial charge in [0.05, 0.1) is 5.69 Å². The van der Waals surface area contributed by atoms with Crippen LogP contribution in [0.25, 0.3) is 10.8 Å². The number of rotatable bonds is 3. The van der Waals surface area contributed by atoms with Crippen LogP contribution in [0.5, 0.6) is 0 Å². The number of carboxylic acid groups (broad SMARTS) is 1. The molecule has 19 heavy (non-hydrogen) atoms. The van der Waals surface area contributed by atoms with E-state index in [0.29, 0.717) is 22.2 Å². The molecule has 0 saturated carbocycles. The minimum atomic E-state index is -1.20. The van der Waals surface area contributed by atoms with E-state index in [1.165, 1.54) is 0 Å². The van der Waals surface area contributed by atoms with E-state index < -0.39 is 6.09 Å². The molecule has 0 spiro atoms. The van der Waals surface area contributed by atoms with Gasteiger partial charge in [-0.15, -0.1) is 0 Å². The molecule has 2 aromatic carbocycles. The first-order chi connectivity index (χ1) is 9.00. The molecule has 0 heterocycles. The maximum Gasteiger partial charge on any atom is 0.409 e. The number of Topliss-reactive ketones (excluding diaryl/α,β-unsaturated/α-hetero) is 1. The molecule has 2 aromatic rings. The fourth-order valence-corrected chi connectivity index (χ4v) is 1.93. The molecule has 0 fully saturated rings. The fraction of sp³-hybridized carbons (Fsp3) is 0.0667. The van der Waals surface area contributed by atoms with Crippen LogP contribution in [-0.4, -0.2) is 17.0 Å². The molecule has 0 aliphatic rings. The van der Waals surface area contributed by atoms with E-state index in [-0.39, 0.29) is 5.78 Å². The van der Waals surface area contributed by atoms with Crippen molar-refractivity contribution in [2.24, 2.45) is 0 Å². The Morgan fingerprint density at radius 1 is 1.16 bits per heavy atom. The van der Waals surface area contributed by atoms with Gasteiger partial charge >= 0.3 is 6.09 Å². The Morgan fingerprint density at radius 3 is 2.47 bits per heavy atom. The number of carbonyl (C=O) groups is 2. The predicted molar refractivity (Wildman–Crippen MR) is 74.7 cm³/mol. The van der Waals surface area contributed by atoms with Crippen molar-refractivity contribution in [1.82, 2.24) is 0 Å². The monoisotopic (exact) mass is 255 g/mol. The van der Waals surface area contributed by atoms with E-state index in [2.05, 4.69) is 11.9 Å². The molecular weight excluding hydrogens is 242 g/mol. The largest absolute Gasteiger partial charge is 0.465 e. The van der Waals surface area contributed by atoms with Crippen molar-refractivity contribution in [2.45, 2.75) is 6.92 Å². The molecule has 4 heteroatoms. The second kappa shape index (κ2) is 4.94. The zero-order valence-corrected chi connectivity index (χ0v) is 10.4. The standard InChI is InChI=1S/C15H13NO3/c1-9(2)14(17)12-8-7-10-5-3-4-6-11(10)13(12)16-15(18)19/h3-8,16H,1H2,2H3,(H,18,19). The number of ketones is 1. The lowest BCUT2D eigenvalue weighted by Crippen LogP contribution is -2.12. The lowest BCUT2D eigenvalue weighted by atomic mass is 9.98. The quantitative estimate of drug-likeness (QED) is 0.649. The van der Waals surface area contributed by atoms with Crippen LogP contribution in [0.1, 0.15) is 17.3 Å². The van der Waals surface area contributed by atoms with Gasteiger partial charge in [0.15, 0.2) is 5.78 Å². The number of nitrogens with one attached hydrogen (secondary N) is 1. The summed E-state index contributed by atoms with van der Waals surface area (Å²) in [5, 5.41) is 12.8. The number of amides is 1. The summed E-state index contributed by atoms with van der Waals surface area (Å²) in [7, 11) is 0. The van der Waals surface area contributed by atoms with Crippen LogP contribution < -0.4 is 5.32 Å². The summed E-state index contributed by atoms with van der Waals surface area (Å²) in [6.45, 7) is 5.21. The molecule has 2 N–H and O–H groups in total. The Kier molecular flexibility index (Phi) is 3.33. The van der Waals surface area contributed by atoms with Crippen LogP contribution in [0.15, 0.2) is 48.6 Å². The van der Waals surface area contributed by atoms with Gasteiger partial charge in [-0.05, 0) is 23.9 Å². The molecule has 4 nitrogen and oxygen atoms in total. The van der Waals surface area contributed by atoms with Gasteiger partial charge in [0.1, 0.15) is 0 Å². The highest BCUT2D eigenvalue weighted by Crippen LogP contribution is 2.29. The Hall–Kier alpha value is -2.62. The van der Waals surface area contributed by atoms with Gasteiger partial charge in [0, 0.05) is 10.9 Å². The SMILES string of the molecule is C=C(C)C(=O)c1ccc2ccccc2c1NC(=O)O. The minimum Gasteiger partial charge on any atom is -0.465 e. The summed E-state index contributed by atoms with van der Waals surface area (Å²) in [6.07, 6.45) is -1.20. The summed E-state index contributed by atoms with van der Waals surface area (Å²) in [6, 6.07) is 10.7. The Balaban J connectivity index is 2.73. The van der Waals surface area contributed by atoms with Crippen LogP contribution >= 0.6 is 0 Å². The van der Waals surface area contributed by atoms with Crippen LogP contribution in [0, 0.1) is 0 Å². The lowest BCUT2D eigenvalue weighted by Gasteiger charge is -2.11. The first kappa shape index (κ1) is 12.8. The molecule has 0 saturated heterocycles. The maximum absolute atomic E-state index is 12.1. The predicted octanol–water partition coefficient (Wildman–Crippen LogP) is 3.69. The zero-order valence-electron chi connectivity index (χ0n) is 10.4. The third-order valence-electron chi connectivity index (χ3n) is 2.79. The Bertz CT molecular complexity index is 689. The molecule has 2 rings (SSSR count). The third kappa shape index (κ3) is 2.47. The zero-order chi connectivity index (χ0) is 14.0. The molecule has 0 atom stereocenters. The van der Waals surface area contributed by atoms with Crippen molar-refractivity contribution < 1.29 is 14.7 Å². The molecule has 1 amide bonds. The van der Waals surface area contributed by atoms with Gasteiger partial charge in [-0.3, -0.25) is 10.1 Å². The molecule has 0 radical (unpaired) electrons. The van der Waals surface area contributed by atoms with E-state index in [1.807, 2.05) is 12.1 Å². The normalized spacial score (nSPS) is 10.2. The maximum atomic E-state index is 12.1. The fourth-order valence-electron chi connectivity index (χ4n) is 1.93. The first-order valence-corrected chi connectivity index (χ1v) is 5.72. The van der Waals surface area contributed by atoms with Gasteiger partial charge in [-0.1, -0.05) is 36.9 Å². The highest BCUT2D eigenvalue weighted by atomic mass is 16.4. The summed E-state index contributed by atoms with van der Waals surface area (Å²) in [5.74, 6) is -0.269. The average molecular weight is 255 g/mol. The Labute approximate surface area is 110 Å². The summed E-state index contributed by atoms with van der Waals surface area (Å²) in [5.41, 5.74) is 0.982. The minimum absolute atomic E-state index is 0.269. The van der Waals surface area contributed by atoms with Gasteiger partial charge in [-0.2, -0.15) is 0 Å². The average Bonchev–Trinajstić information content (AvgIpc) is 2.37. The topological polar surface area (TPSA) is 66.4 Å². The van der Waals surface area contributed by atoms with Crippen molar-refractivity contribution in [3.8, 4) is 0 Å². The van der Waals surface area contributed by atoms with Crippen LogP contribution in [0.2, 0.25) is 0 Å². The molecule has 0 aliphatic heterocycles. The van der Waals surface area contributed by atoms with Crippen molar-refractivity contribution in [1.29, 1.82) is 0 Å². The van der Waals surface area contributed by atoms with Gasteiger partial charge in [0.2, 0.25) is 0 Å². The van der Waals surface area contributed by atoms with Gasteiger partial charge in [0.25, 0.3) is 0 Å².